The third kappa shape index (κ3) is 5.02. The van der Waals surface area contributed by atoms with Gasteiger partial charge in [-0.25, -0.2) is 0 Å². The van der Waals surface area contributed by atoms with Crippen LogP contribution < -0.4 is 5.32 Å². The Morgan fingerprint density at radius 1 is 1.40 bits per heavy atom. The molecule has 0 radical (unpaired) electrons. The molecule has 0 aliphatic rings. The van der Waals surface area contributed by atoms with Crippen molar-refractivity contribution in [3.63, 3.8) is 0 Å². The zero-order valence-electron chi connectivity index (χ0n) is 12.5. The van der Waals surface area contributed by atoms with Gasteiger partial charge in [0.2, 0.25) is 5.91 Å². The molecular formula is C16H23N3O. The van der Waals surface area contributed by atoms with Crippen molar-refractivity contribution < 1.29 is 4.79 Å². The molecule has 1 amide bonds. The average Bonchev–Trinajstić information content (AvgIpc) is 2.44. The molecule has 20 heavy (non-hydrogen) atoms. The van der Waals surface area contributed by atoms with E-state index in [1.807, 2.05) is 25.1 Å². The molecule has 0 aliphatic heterocycles. The van der Waals surface area contributed by atoms with Crippen LogP contribution in [-0.4, -0.2) is 29.9 Å². The summed E-state index contributed by atoms with van der Waals surface area (Å²) in [4.78, 5) is 14.0. The van der Waals surface area contributed by atoms with E-state index in [-0.39, 0.29) is 5.91 Å². The molecule has 0 heterocycles. The summed E-state index contributed by atoms with van der Waals surface area (Å²) in [5.74, 6) is 0.119. The Balaban J connectivity index is 2.62. The molecule has 0 saturated heterocycles. The summed E-state index contributed by atoms with van der Waals surface area (Å²) in [5.41, 5.74) is 1.54. The minimum absolute atomic E-state index is 0.119. The Kier molecular flexibility index (Phi) is 6.75. The highest BCUT2D eigenvalue weighted by molar-refractivity contribution is 5.76. The molecule has 108 valence electrons. The molecule has 1 rings (SSSR count). The van der Waals surface area contributed by atoms with Gasteiger partial charge in [-0.1, -0.05) is 32.0 Å². The Hall–Kier alpha value is -1.86. The van der Waals surface area contributed by atoms with Gasteiger partial charge in [-0.3, -0.25) is 4.79 Å². The standard InChI is InChI=1S/C16H23N3O/c1-4-19(16(20)9-10-18-13(2)3)12-15-8-6-5-7-14(15)11-17/h5-8,13,18H,4,9-10,12H2,1-3H3. The van der Waals surface area contributed by atoms with E-state index in [0.29, 0.717) is 37.7 Å². The maximum Gasteiger partial charge on any atom is 0.224 e. The van der Waals surface area contributed by atoms with Gasteiger partial charge in [-0.05, 0) is 18.6 Å². The van der Waals surface area contributed by atoms with E-state index in [1.165, 1.54) is 0 Å². The molecule has 4 heteroatoms. The molecule has 1 N–H and O–H groups in total. The predicted molar refractivity (Wildman–Crippen MR) is 80.0 cm³/mol. The molecule has 0 aromatic heterocycles. The highest BCUT2D eigenvalue weighted by Gasteiger charge is 2.13. The van der Waals surface area contributed by atoms with Gasteiger partial charge in [0.1, 0.15) is 0 Å². The molecule has 0 unspecified atom stereocenters. The molecule has 1 aromatic carbocycles. The number of nitrogens with zero attached hydrogens (tertiary/aromatic N) is 2. The topological polar surface area (TPSA) is 56.1 Å². The van der Waals surface area contributed by atoms with E-state index in [4.69, 9.17) is 5.26 Å². The molecule has 0 saturated carbocycles. The number of carbonyl (C=O) groups excluding carboxylic acids is 1. The van der Waals surface area contributed by atoms with E-state index >= 15 is 0 Å². The predicted octanol–water partition coefficient (Wildman–Crippen LogP) is 2.29. The summed E-state index contributed by atoms with van der Waals surface area (Å²) in [6.07, 6.45) is 0.487. The molecule has 0 spiro atoms. The number of rotatable bonds is 7. The van der Waals surface area contributed by atoms with E-state index < -0.39 is 0 Å². The first kappa shape index (κ1) is 16.2. The quantitative estimate of drug-likeness (QED) is 0.829. The Morgan fingerprint density at radius 2 is 2.10 bits per heavy atom. The Labute approximate surface area is 121 Å². The summed E-state index contributed by atoms with van der Waals surface area (Å²) in [5, 5.41) is 12.3. The van der Waals surface area contributed by atoms with Crippen molar-refractivity contribution in [3.05, 3.63) is 35.4 Å². The zero-order valence-corrected chi connectivity index (χ0v) is 12.5. The second kappa shape index (κ2) is 8.34. The maximum absolute atomic E-state index is 12.2. The minimum Gasteiger partial charge on any atom is -0.339 e. The highest BCUT2D eigenvalue weighted by atomic mass is 16.2. The monoisotopic (exact) mass is 273 g/mol. The van der Waals surface area contributed by atoms with Crippen LogP contribution in [-0.2, 0) is 11.3 Å². The van der Waals surface area contributed by atoms with Crippen molar-refractivity contribution in [1.82, 2.24) is 10.2 Å². The number of amides is 1. The van der Waals surface area contributed by atoms with Crippen LogP contribution in [0.25, 0.3) is 0 Å². The molecule has 4 nitrogen and oxygen atoms in total. The zero-order chi connectivity index (χ0) is 15.0. The lowest BCUT2D eigenvalue weighted by Crippen LogP contribution is -2.34. The first-order valence-electron chi connectivity index (χ1n) is 7.07. The van der Waals surface area contributed by atoms with Gasteiger partial charge in [-0.2, -0.15) is 5.26 Å². The number of nitriles is 1. The fourth-order valence-corrected chi connectivity index (χ4v) is 1.98. The summed E-state index contributed by atoms with van der Waals surface area (Å²) in [6, 6.07) is 9.98. The van der Waals surface area contributed by atoms with Gasteiger partial charge in [0, 0.05) is 32.1 Å². The molecular weight excluding hydrogens is 250 g/mol. The molecule has 0 aliphatic carbocycles. The number of benzene rings is 1. The van der Waals surface area contributed by atoms with Crippen LogP contribution in [0.5, 0.6) is 0 Å². The molecule has 1 aromatic rings. The molecule has 0 bridgehead atoms. The number of nitrogens with one attached hydrogen (secondary N) is 1. The first-order valence-corrected chi connectivity index (χ1v) is 7.07. The van der Waals surface area contributed by atoms with Crippen molar-refractivity contribution >= 4 is 5.91 Å². The van der Waals surface area contributed by atoms with E-state index in [2.05, 4.69) is 25.2 Å². The van der Waals surface area contributed by atoms with Crippen LogP contribution in [0.3, 0.4) is 0 Å². The molecule has 0 atom stereocenters. The van der Waals surface area contributed by atoms with Gasteiger partial charge < -0.3 is 10.2 Å². The third-order valence-electron chi connectivity index (χ3n) is 3.12. The number of carbonyl (C=O) groups is 1. The van der Waals surface area contributed by atoms with Crippen LogP contribution in [0, 0.1) is 11.3 Å². The van der Waals surface area contributed by atoms with Crippen LogP contribution >= 0.6 is 0 Å². The van der Waals surface area contributed by atoms with Crippen LogP contribution in [0.1, 0.15) is 38.3 Å². The van der Waals surface area contributed by atoms with E-state index in [1.54, 1.807) is 11.0 Å². The lowest BCUT2D eigenvalue weighted by molar-refractivity contribution is -0.131. The van der Waals surface area contributed by atoms with Crippen molar-refractivity contribution in [1.29, 1.82) is 5.26 Å². The largest absolute Gasteiger partial charge is 0.339 e. The third-order valence-corrected chi connectivity index (χ3v) is 3.12. The number of hydrogen-bond acceptors (Lipinski definition) is 3. The number of hydrogen-bond donors (Lipinski definition) is 1. The molecule has 0 fully saturated rings. The van der Waals surface area contributed by atoms with Crippen molar-refractivity contribution in [2.24, 2.45) is 0 Å². The summed E-state index contributed by atoms with van der Waals surface area (Å²) >= 11 is 0. The van der Waals surface area contributed by atoms with Crippen molar-refractivity contribution in [3.8, 4) is 6.07 Å². The second-order valence-corrected chi connectivity index (χ2v) is 5.04. The van der Waals surface area contributed by atoms with Gasteiger partial charge in [0.25, 0.3) is 0 Å². The van der Waals surface area contributed by atoms with Crippen LogP contribution in [0.15, 0.2) is 24.3 Å². The van der Waals surface area contributed by atoms with Crippen LogP contribution in [0.2, 0.25) is 0 Å². The highest BCUT2D eigenvalue weighted by Crippen LogP contribution is 2.11. The minimum atomic E-state index is 0.119. The van der Waals surface area contributed by atoms with Gasteiger partial charge in [-0.15, -0.1) is 0 Å². The Bertz CT molecular complexity index is 477. The normalized spacial score (nSPS) is 10.3. The van der Waals surface area contributed by atoms with Crippen molar-refractivity contribution in [2.75, 3.05) is 13.1 Å². The van der Waals surface area contributed by atoms with Gasteiger partial charge in [0.05, 0.1) is 11.6 Å². The first-order chi connectivity index (χ1) is 9.58. The lowest BCUT2D eigenvalue weighted by atomic mass is 10.1. The average molecular weight is 273 g/mol. The second-order valence-electron chi connectivity index (χ2n) is 5.04. The smallest absolute Gasteiger partial charge is 0.224 e. The van der Waals surface area contributed by atoms with E-state index in [9.17, 15) is 4.79 Å². The summed E-state index contributed by atoms with van der Waals surface area (Å²) in [7, 11) is 0. The van der Waals surface area contributed by atoms with E-state index in [0.717, 1.165) is 5.56 Å². The summed E-state index contributed by atoms with van der Waals surface area (Å²) < 4.78 is 0. The van der Waals surface area contributed by atoms with Crippen LogP contribution in [0.4, 0.5) is 0 Å². The maximum atomic E-state index is 12.2. The lowest BCUT2D eigenvalue weighted by Gasteiger charge is -2.22. The van der Waals surface area contributed by atoms with Gasteiger partial charge in [0.15, 0.2) is 0 Å². The fraction of sp³-hybridized carbons (Fsp3) is 0.500. The van der Waals surface area contributed by atoms with Gasteiger partial charge >= 0.3 is 0 Å². The Morgan fingerprint density at radius 3 is 2.70 bits per heavy atom. The fourth-order valence-electron chi connectivity index (χ4n) is 1.98. The van der Waals surface area contributed by atoms with Crippen molar-refractivity contribution in [2.45, 2.75) is 39.8 Å². The summed E-state index contributed by atoms with van der Waals surface area (Å²) in [6.45, 7) is 7.92. The SMILES string of the molecule is CCN(Cc1ccccc1C#N)C(=O)CCNC(C)C.